The molecule has 0 bridgehead atoms. The summed E-state index contributed by atoms with van der Waals surface area (Å²) in [6, 6.07) is 8.09. The lowest BCUT2D eigenvalue weighted by atomic mass is 10.1. The predicted octanol–water partition coefficient (Wildman–Crippen LogP) is 2.53. The monoisotopic (exact) mass is 481 g/mol. The van der Waals surface area contributed by atoms with Gasteiger partial charge in [0.25, 0.3) is 0 Å². The van der Waals surface area contributed by atoms with E-state index < -0.39 is 48.5 Å². The molecule has 2 saturated heterocycles. The van der Waals surface area contributed by atoms with E-state index in [0.717, 1.165) is 5.56 Å². The van der Waals surface area contributed by atoms with Crippen molar-refractivity contribution in [2.24, 2.45) is 0 Å². The molecule has 6 atom stereocenters. The molecule has 0 saturated carbocycles. The number of nitrogens with one attached hydrogen (secondary N) is 1. The molecule has 0 unspecified atom stereocenters. The van der Waals surface area contributed by atoms with E-state index in [1.165, 1.54) is 7.11 Å². The smallest absolute Gasteiger partial charge is 0.408 e. The molecule has 1 aromatic rings. The number of esters is 1. The number of carbonyl (C=O) groups excluding carboxylic acids is 2. The zero-order valence-electron chi connectivity index (χ0n) is 20.4. The lowest BCUT2D eigenvalue weighted by molar-refractivity contribution is -0.260. The molecule has 2 aliphatic heterocycles. The first-order valence-electron chi connectivity index (χ1n) is 11.6. The lowest BCUT2D eigenvalue weighted by Crippen LogP contribution is -2.51. The molecular formula is C24H35NO9. The van der Waals surface area contributed by atoms with Gasteiger partial charge in [0.15, 0.2) is 18.1 Å². The van der Waals surface area contributed by atoms with Gasteiger partial charge in [0.05, 0.1) is 19.8 Å². The van der Waals surface area contributed by atoms with Crippen molar-refractivity contribution in [3.05, 3.63) is 35.9 Å². The summed E-state index contributed by atoms with van der Waals surface area (Å²) in [5.74, 6) is -1.40. The summed E-state index contributed by atoms with van der Waals surface area (Å²) in [5, 5.41) is 2.53. The second-order valence-electron chi connectivity index (χ2n) is 8.33. The third kappa shape index (κ3) is 6.05. The largest absolute Gasteiger partial charge is 0.467 e. The highest BCUT2D eigenvalue weighted by molar-refractivity contribution is 5.81. The van der Waals surface area contributed by atoms with Crippen molar-refractivity contribution in [1.82, 2.24) is 5.32 Å². The predicted molar refractivity (Wildman–Crippen MR) is 120 cm³/mol. The minimum atomic E-state index is -1.12. The molecule has 2 aliphatic rings. The van der Waals surface area contributed by atoms with Crippen LogP contribution in [0.3, 0.4) is 0 Å². The van der Waals surface area contributed by atoms with E-state index in [2.05, 4.69) is 5.32 Å². The van der Waals surface area contributed by atoms with Crippen LogP contribution in [-0.4, -0.2) is 75.4 Å². The van der Waals surface area contributed by atoms with E-state index in [1.54, 1.807) is 14.0 Å². The first-order valence-corrected chi connectivity index (χ1v) is 11.6. The van der Waals surface area contributed by atoms with Crippen LogP contribution < -0.4 is 5.32 Å². The van der Waals surface area contributed by atoms with Crippen LogP contribution in [0.25, 0.3) is 0 Å². The quantitative estimate of drug-likeness (QED) is 0.477. The molecule has 34 heavy (non-hydrogen) atoms. The molecule has 10 heteroatoms. The standard InChI is InChI=1S/C24H35NO9/c1-6-24(7-2)33-19-17(14-28-4)32-22(20(19)34-24)31-15(3)18(21(26)29-5)25-23(27)30-13-16-11-9-8-10-12-16/h8-12,15,17-20,22H,6-7,13-14H2,1-5H3,(H,25,27)/t15-,17-,18+,19-,20-,22-/m1/s1. The van der Waals surface area contributed by atoms with Gasteiger partial charge in [-0.2, -0.15) is 0 Å². The maximum absolute atomic E-state index is 12.4. The van der Waals surface area contributed by atoms with Gasteiger partial charge in [-0.15, -0.1) is 0 Å². The number of hydrogen-bond donors (Lipinski definition) is 1. The van der Waals surface area contributed by atoms with Crippen LogP contribution in [0.2, 0.25) is 0 Å². The van der Waals surface area contributed by atoms with Gasteiger partial charge in [-0.05, 0) is 25.3 Å². The minimum absolute atomic E-state index is 0.0608. The van der Waals surface area contributed by atoms with Crippen LogP contribution in [0, 0.1) is 0 Å². The van der Waals surface area contributed by atoms with Gasteiger partial charge in [0, 0.05) is 7.11 Å². The van der Waals surface area contributed by atoms with Crippen molar-refractivity contribution in [1.29, 1.82) is 0 Å². The highest BCUT2D eigenvalue weighted by atomic mass is 16.8. The normalized spacial score (nSPS) is 27.0. The summed E-state index contributed by atoms with van der Waals surface area (Å²) in [6.45, 7) is 5.99. The number of rotatable bonds is 11. The van der Waals surface area contributed by atoms with E-state index in [4.69, 9.17) is 33.2 Å². The Morgan fingerprint density at radius 2 is 1.76 bits per heavy atom. The Labute approximate surface area is 200 Å². The zero-order valence-corrected chi connectivity index (χ0v) is 20.4. The highest BCUT2D eigenvalue weighted by Gasteiger charge is 2.58. The minimum Gasteiger partial charge on any atom is -0.467 e. The third-order valence-electron chi connectivity index (χ3n) is 6.14. The number of ether oxygens (including phenoxy) is 7. The fourth-order valence-corrected chi connectivity index (χ4v) is 4.15. The van der Waals surface area contributed by atoms with Crippen LogP contribution in [0.5, 0.6) is 0 Å². The van der Waals surface area contributed by atoms with Crippen LogP contribution in [0.4, 0.5) is 4.79 Å². The molecule has 1 amide bonds. The van der Waals surface area contributed by atoms with Crippen molar-refractivity contribution < 1.29 is 42.7 Å². The van der Waals surface area contributed by atoms with E-state index >= 15 is 0 Å². The van der Waals surface area contributed by atoms with Gasteiger partial charge in [-0.1, -0.05) is 44.2 Å². The summed E-state index contributed by atoms with van der Waals surface area (Å²) in [7, 11) is 2.82. The Balaban J connectivity index is 1.65. The van der Waals surface area contributed by atoms with Crippen LogP contribution >= 0.6 is 0 Å². The third-order valence-corrected chi connectivity index (χ3v) is 6.14. The molecular weight excluding hydrogens is 446 g/mol. The molecule has 3 rings (SSSR count). The Morgan fingerprint density at radius 1 is 1.09 bits per heavy atom. The topological polar surface area (TPSA) is 111 Å². The number of carbonyl (C=O) groups is 2. The van der Waals surface area contributed by atoms with E-state index in [0.29, 0.717) is 19.4 Å². The van der Waals surface area contributed by atoms with Crippen molar-refractivity contribution in [2.45, 2.75) is 82.8 Å². The fraction of sp³-hybridized carbons (Fsp3) is 0.667. The van der Waals surface area contributed by atoms with Gasteiger partial charge in [0.1, 0.15) is 24.9 Å². The molecule has 10 nitrogen and oxygen atoms in total. The SMILES string of the molecule is CCC1(CC)O[C@H]2[C@H](O[C@H](C)[C@H](NC(=O)OCc3ccccc3)C(=O)OC)O[C@H](COC)[C@H]2O1. The molecule has 1 N–H and O–H groups in total. The van der Waals surface area contributed by atoms with Crippen molar-refractivity contribution in [2.75, 3.05) is 20.8 Å². The van der Waals surface area contributed by atoms with Crippen molar-refractivity contribution >= 4 is 12.1 Å². The Kier molecular flexibility index (Phi) is 9.26. The summed E-state index contributed by atoms with van der Waals surface area (Å²) in [5.41, 5.74) is 0.819. The van der Waals surface area contributed by atoms with Gasteiger partial charge >= 0.3 is 12.1 Å². The number of amides is 1. The van der Waals surface area contributed by atoms with E-state index in [1.807, 2.05) is 44.2 Å². The number of methoxy groups -OCH3 is 2. The number of benzene rings is 1. The summed E-state index contributed by atoms with van der Waals surface area (Å²) in [4.78, 5) is 24.8. The van der Waals surface area contributed by atoms with Crippen LogP contribution in [-0.2, 0) is 44.6 Å². The maximum atomic E-state index is 12.4. The first-order chi connectivity index (χ1) is 16.4. The molecule has 2 heterocycles. The Morgan fingerprint density at radius 3 is 2.38 bits per heavy atom. The van der Waals surface area contributed by atoms with Gasteiger partial charge in [-0.25, -0.2) is 9.59 Å². The zero-order chi connectivity index (χ0) is 24.7. The second-order valence-corrected chi connectivity index (χ2v) is 8.33. The van der Waals surface area contributed by atoms with Crippen LogP contribution in [0.15, 0.2) is 30.3 Å². The average Bonchev–Trinajstić information content (AvgIpc) is 3.39. The average molecular weight is 482 g/mol. The second kappa shape index (κ2) is 11.9. The Bertz CT molecular complexity index is 801. The first kappa shape index (κ1) is 26.4. The van der Waals surface area contributed by atoms with E-state index in [-0.39, 0.29) is 12.7 Å². The highest BCUT2D eigenvalue weighted by Crippen LogP contribution is 2.43. The molecule has 2 fully saturated rings. The Hall–Kier alpha value is -2.24. The fourth-order valence-electron chi connectivity index (χ4n) is 4.15. The maximum Gasteiger partial charge on any atom is 0.408 e. The molecule has 0 radical (unpaired) electrons. The van der Waals surface area contributed by atoms with Crippen molar-refractivity contribution in [3.63, 3.8) is 0 Å². The van der Waals surface area contributed by atoms with Gasteiger partial charge in [0.2, 0.25) is 0 Å². The molecule has 0 aromatic heterocycles. The van der Waals surface area contributed by atoms with E-state index in [9.17, 15) is 9.59 Å². The summed E-state index contributed by atoms with van der Waals surface area (Å²) < 4.78 is 39.9. The van der Waals surface area contributed by atoms with Crippen LogP contribution in [0.1, 0.15) is 39.2 Å². The number of hydrogen-bond acceptors (Lipinski definition) is 9. The molecule has 190 valence electrons. The number of fused-ring (bicyclic) bond motifs is 1. The summed E-state index contributed by atoms with van der Waals surface area (Å²) in [6.07, 6.45) is -2.36. The van der Waals surface area contributed by atoms with Gasteiger partial charge < -0.3 is 38.5 Å². The van der Waals surface area contributed by atoms with Gasteiger partial charge in [-0.3, -0.25) is 0 Å². The van der Waals surface area contributed by atoms with Crippen molar-refractivity contribution in [3.8, 4) is 0 Å². The molecule has 0 aliphatic carbocycles. The molecule has 0 spiro atoms. The summed E-state index contributed by atoms with van der Waals surface area (Å²) >= 11 is 0. The lowest BCUT2D eigenvalue weighted by Gasteiger charge is -2.30. The number of alkyl carbamates (subject to hydrolysis) is 1. The molecule has 1 aromatic carbocycles.